The van der Waals surface area contributed by atoms with E-state index in [1.165, 1.54) is 5.56 Å². The number of hydrogen-bond acceptors (Lipinski definition) is 3. The summed E-state index contributed by atoms with van der Waals surface area (Å²) in [6.07, 6.45) is 0.406. The van der Waals surface area contributed by atoms with E-state index in [1.54, 1.807) is 0 Å². The third kappa shape index (κ3) is 4.85. The predicted molar refractivity (Wildman–Crippen MR) is 72.0 cm³/mol. The Labute approximate surface area is 110 Å². The minimum Gasteiger partial charge on any atom is -0.299 e. The number of benzene rings is 1. The minimum absolute atomic E-state index is 0.139. The summed E-state index contributed by atoms with van der Waals surface area (Å²) in [6.45, 7) is 2.82. The average molecular weight is 300 g/mol. The number of nitrogens with one attached hydrogen (secondary N) is 1. The Morgan fingerprint density at radius 3 is 2.59 bits per heavy atom. The SMILES string of the molecule is CC(CC(=O)NN)N(C)Cc1ccc(Br)cc1. The number of carbonyl (C=O) groups excluding carboxylic acids is 1. The fourth-order valence-electron chi connectivity index (χ4n) is 1.52. The van der Waals surface area contributed by atoms with Crippen molar-refractivity contribution in [1.82, 2.24) is 10.3 Å². The average Bonchev–Trinajstić information content (AvgIpc) is 2.31. The lowest BCUT2D eigenvalue weighted by Crippen LogP contribution is -2.37. The summed E-state index contributed by atoms with van der Waals surface area (Å²) >= 11 is 3.40. The largest absolute Gasteiger partial charge is 0.299 e. The Bertz CT molecular complexity index is 367. The summed E-state index contributed by atoms with van der Waals surface area (Å²) in [4.78, 5) is 13.3. The van der Waals surface area contributed by atoms with Crippen LogP contribution in [0.2, 0.25) is 0 Å². The third-order valence-electron chi connectivity index (χ3n) is 2.74. The van der Waals surface area contributed by atoms with Crippen molar-refractivity contribution in [2.24, 2.45) is 5.84 Å². The van der Waals surface area contributed by atoms with E-state index in [0.717, 1.165) is 11.0 Å². The summed E-state index contributed by atoms with van der Waals surface area (Å²) in [5.74, 6) is 4.93. The molecule has 1 aromatic carbocycles. The molecule has 0 saturated heterocycles. The smallest absolute Gasteiger partial charge is 0.235 e. The first-order chi connectivity index (χ1) is 8.02. The second kappa shape index (κ2) is 6.74. The third-order valence-corrected chi connectivity index (χ3v) is 3.27. The molecule has 0 heterocycles. The lowest BCUT2D eigenvalue weighted by molar-refractivity contribution is -0.122. The second-order valence-corrected chi connectivity index (χ2v) is 5.08. The van der Waals surface area contributed by atoms with E-state index in [-0.39, 0.29) is 11.9 Å². The molecule has 0 aliphatic carbocycles. The Morgan fingerprint density at radius 1 is 1.47 bits per heavy atom. The Balaban J connectivity index is 2.50. The normalized spacial score (nSPS) is 12.5. The van der Waals surface area contributed by atoms with E-state index in [2.05, 4.69) is 38.4 Å². The van der Waals surface area contributed by atoms with Crippen LogP contribution in [0, 0.1) is 0 Å². The molecule has 0 spiro atoms. The zero-order chi connectivity index (χ0) is 12.8. The van der Waals surface area contributed by atoms with Gasteiger partial charge in [-0.1, -0.05) is 28.1 Å². The molecule has 0 aromatic heterocycles. The molecule has 17 heavy (non-hydrogen) atoms. The highest BCUT2D eigenvalue weighted by Crippen LogP contribution is 2.13. The highest BCUT2D eigenvalue weighted by molar-refractivity contribution is 9.10. The van der Waals surface area contributed by atoms with Crippen LogP contribution < -0.4 is 11.3 Å². The molecule has 0 fully saturated rings. The number of halogens is 1. The van der Waals surface area contributed by atoms with Gasteiger partial charge in [-0.3, -0.25) is 15.1 Å². The quantitative estimate of drug-likeness (QED) is 0.494. The van der Waals surface area contributed by atoms with Gasteiger partial charge >= 0.3 is 0 Å². The molecule has 0 radical (unpaired) electrons. The van der Waals surface area contributed by atoms with Gasteiger partial charge in [-0.25, -0.2) is 5.84 Å². The van der Waals surface area contributed by atoms with Crippen molar-refractivity contribution in [3.05, 3.63) is 34.3 Å². The first-order valence-electron chi connectivity index (χ1n) is 5.47. The zero-order valence-electron chi connectivity index (χ0n) is 10.1. The van der Waals surface area contributed by atoms with Gasteiger partial charge in [0, 0.05) is 23.5 Å². The Morgan fingerprint density at radius 2 is 2.06 bits per heavy atom. The topological polar surface area (TPSA) is 58.4 Å². The highest BCUT2D eigenvalue weighted by atomic mass is 79.9. The molecule has 4 nitrogen and oxygen atoms in total. The number of hydrazine groups is 1. The molecule has 1 unspecified atom stereocenters. The number of nitrogens with two attached hydrogens (primary N) is 1. The first kappa shape index (κ1) is 14.2. The van der Waals surface area contributed by atoms with Gasteiger partial charge in [0.05, 0.1) is 0 Å². The summed E-state index contributed by atoms with van der Waals surface area (Å²) in [5, 5.41) is 0. The summed E-state index contributed by atoms with van der Waals surface area (Å²) in [6, 6.07) is 8.32. The van der Waals surface area contributed by atoms with Crippen LogP contribution in [0.3, 0.4) is 0 Å². The predicted octanol–water partition coefficient (Wildman–Crippen LogP) is 1.65. The van der Waals surface area contributed by atoms with Crippen LogP contribution in [0.5, 0.6) is 0 Å². The lowest BCUT2D eigenvalue weighted by atomic mass is 10.1. The maximum Gasteiger partial charge on any atom is 0.235 e. The van der Waals surface area contributed by atoms with Crippen molar-refractivity contribution in [3.63, 3.8) is 0 Å². The molecule has 0 bridgehead atoms. The van der Waals surface area contributed by atoms with Crippen molar-refractivity contribution in [2.75, 3.05) is 7.05 Å². The molecule has 0 aliphatic rings. The van der Waals surface area contributed by atoms with Crippen LogP contribution in [-0.4, -0.2) is 23.9 Å². The molecular weight excluding hydrogens is 282 g/mol. The van der Waals surface area contributed by atoms with Crippen molar-refractivity contribution >= 4 is 21.8 Å². The molecule has 1 rings (SSSR count). The van der Waals surface area contributed by atoms with Gasteiger partial charge in [-0.2, -0.15) is 0 Å². The van der Waals surface area contributed by atoms with Gasteiger partial charge in [0.15, 0.2) is 0 Å². The first-order valence-corrected chi connectivity index (χ1v) is 6.26. The van der Waals surface area contributed by atoms with E-state index in [0.29, 0.717) is 6.42 Å². The second-order valence-electron chi connectivity index (χ2n) is 4.16. The van der Waals surface area contributed by atoms with E-state index < -0.39 is 0 Å². The fourth-order valence-corrected chi connectivity index (χ4v) is 1.78. The van der Waals surface area contributed by atoms with E-state index >= 15 is 0 Å². The molecule has 0 aliphatic heterocycles. The van der Waals surface area contributed by atoms with Crippen LogP contribution in [0.25, 0.3) is 0 Å². The summed E-state index contributed by atoms with van der Waals surface area (Å²) in [7, 11) is 2.00. The van der Waals surface area contributed by atoms with Crippen LogP contribution in [0.4, 0.5) is 0 Å². The maximum atomic E-state index is 11.2. The van der Waals surface area contributed by atoms with Crippen LogP contribution in [0.15, 0.2) is 28.7 Å². The van der Waals surface area contributed by atoms with Crippen LogP contribution in [-0.2, 0) is 11.3 Å². The molecule has 1 atom stereocenters. The summed E-state index contributed by atoms with van der Waals surface area (Å²) in [5.41, 5.74) is 3.37. The lowest BCUT2D eigenvalue weighted by Gasteiger charge is -2.24. The van der Waals surface area contributed by atoms with Gasteiger partial charge in [0.2, 0.25) is 5.91 Å². The molecular formula is C12H18BrN3O. The Kier molecular flexibility index (Phi) is 5.61. The number of rotatable bonds is 5. The maximum absolute atomic E-state index is 11.2. The van der Waals surface area contributed by atoms with E-state index in [9.17, 15) is 4.79 Å². The molecule has 1 amide bonds. The van der Waals surface area contributed by atoms with Gasteiger partial charge in [0.25, 0.3) is 0 Å². The molecule has 3 N–H and O–H groups in total. The van der Waals surface area contributed by atoms with E-state index in [4.69, 9.17) is 5.84 Å². The van der Waals surface area contributed by atoms with Gasteiger partial charge < -0.3 is 0 Å². The Hall–Kier alpha value is -0.910. The molecule has 5 heteroatoms. The standard InChI is InChI=1S/C12H18BrN3O/c1-9(7-12(17)15-14)16(2)8-10-3-5-11(13)6-4-10/h3-6,9H,7-8,14H2,1-2H3,(H,15,17). The van der Waals surface area contributed by atoms with Gasteiger partial charge in [-0.05, 0) is 31.7 Å². The van der Waals surface area contributed by atoms with Gasteiger partial charge in [0.1, 0.15) is 0 Å². The molecule has 0 saturated carbocycles. The monoisotopic (exact) mass is 299 g/mol. The number of carbonyl (C=O) groups is 1. The molecule has 1 aromatic rings. The minimum atomic E-state index is -0.139. The number of nitrogens with zero attached hydrogens (tertiary/aromatic N) is 1. The van der Waals surface area contributed by atoms with Crippen molar-refractivity contribution in [1.29, 1.82) is 0 Å². The fraction of sp³-hybridized carbons (Fsp3) is 0.417. The van der Waals surface area contributed by atoms with Gasteiger partial charge in [-0.15, -0.1) is 0 Å². The van der Waals surface area contributed by atoms with Crippen molar-refractivity contribution < 1.29 is 4.79 Å². The number of amides is 1. The van der Waals surface area contributed by atoms with Crippen molar-refractivity contribution in [2.45, 2.75) is 25.9 Å². The zero-order valence-corrected chi connectivity index (χ0v) is 11.7. The van der Waals surface area contributed by atoms with Crippen LogP contribution >= 0.6 is 15.9 Å². The summed E-state index contributed by atoms with van der Waals surface area (Å²) < 4.78 is 1.07. The van der Waals surface area contributed by atoms with E-state index in [1.807, 2.05) is 26.1 Å². The highest BCUT2D eigenvalue weighted by Gasteiger charge is 2.13. The number of hydrogen-bond donors (Lipinski definition) is 2. The molecule has 94 valence electrons. The van der Waals surface area contributed by atoms with Crippen LogP contribution in [0.1, 0.15) is 18.9 Å². The van der Waals surface area contributed by atoms with Crippen molar-refractivity contribution in [3.8, 4) is 0 Å².